The summed E-state index contributed by atoms with van der Waals surface area (Å²) in [6.45, 7) is 0. The quantitative estimate of drug-likeness (QED) is 0.694. The van der Waals surface area contributed by atoms with Crippen LogP contribution >= 0.6 is 23.4 Å². The first-order valence-corrected chi connectivity index (χ1v) is 6.69. The molecule has 0 aliphatic rings. The number of carbonyl (C=O) groups is 1. The van der Waals surface area contributed by atoms with Crippen molar-refractivity contribution in [1.82, 2.24) is 14.4 Å². The van der Waals surface area contributed by atoms with Crippen molar-refractivity contribution < 1.29 is 4.79 Å². The Kier molecular flexibility index (Phi) is 3.23. The summed E-state index contributed by atoms with van der Waals surface area (Å²) in [4.78, 5) is 19.9. The van der Waals surface area contributed by atoms with Crippen LogP contribution in [0.4, 0.5) is 0 Å². The Labute approximate surface area is 118 Å². The molecule has 0 aliphatic heterocycles. The fraction of sp³-hybridized carbons (Fsp3) is 0. The summed E-state index contributed by atoms with van der Waals surface area (Å²) >= 11 is 7.35. The maximum atomic E-state index is 11.2. The molecule has 3 rings (SSSR count). The van der Waals surface area contributed by atoms with Crippen molar-refractivity contribution in [3.8, 4) is 0 Å². The summed E-state index contributed by atoms with van der Waals surface area (Å²) in [5.74, 6) is 0. The van der Waals surface area contributed by atoms with E-state index in [4.69, 9.17) is 11.6 Å². The zero-order valence-electron chi connectivity index (χ0n) is 9.65. The SMILES string of the molecule is O=Cc1c(Sc2ncccc2Cl)nc2ccccn12. The van der Waals surface area contributed by atoms with E-state index in [1.165, 1.54) is 11.8 Å². The maximum Gasteiger partial charge on any atom is 0.169 e. The van der Waals surface area contributed by atoms with Crippen LogP contribution < -0.4 is 0 Å². The predicted octanol–water partition coefficient (Wildman–Crippen LogP) is 3.35. The topological polar surface area (TPSA) is 47.3 Å². The van der Waals surface area contributed by atoms with E-state index < -0.39 is 0 Å². The molecule has 3 heterocycles. The standard InChI is InChI=1S/C13H8ClN3OS/c14-9-4-3-6-15-12(9)19-13-10(8-18)17-7-2-1-5-11(17)16-13/h1-8H. The molecule has 0 aromatic carbocycles. The Morgan fingerprint density at radius 2 is 2.11 bits per heavy atom. The molecule has 0 radical (unpaired) electrons. The predicted molar refractivity (Wildman–Crippen MR) is 73.9 cm³/mol. The molecule has 0 spiro atoms. The number of imidazole rings is 1. The first kappa shape index (κ1) is 12.2. The number of pyridine rings is 2. The van der Waals surface area contributed by atoms with Gasteiger partial charge in [0.15, 0.2) is 6.29 Å². The summed E-state index contributed by atoms with van der Waals surface area (Å²) in [6.07, 6.45) is 4.25. The third-order valence-electron chi connectivity index (χ3n) is 2.56. The zero-order valence-corrected chi connectivity index (χ0v) is 11.2. The van der Waals surface area contributed by atoms with Crippen molar-refractivity contribution in [3.63, 3.8) is 0 Å². The minimum atomic E-state index is 0.502. The van der Waals surface area contributed by atoms with Gasteiger partial charge in [-0.05, 0) is 36.0 Å². The maximum absolute atomic E-state index is 11.2. The summed E-state index contributed by atoms with van der Waals surface area (Å²) in [7, 11) is 0. The highest BCUT2D eigenvalue weighted by Gasteiger charge is 2.14. The molecule has 0 bridgehead atoms. The van der Waals surface area contributed by atoms with Gasteiger partial charge in [0.1, 0.15) is 21.4 Å². The molecule has 0 aliphatic carbocycles. The second-order valence-electron chi connectivity index (χ2n) is 3.74. The number of rotatable bonds is 3. The highest BCUT2D eigenvalue weighted by molar-refractivity contribution is 7.99. The molecular weight excluding hydrogens is 282 g/mol. The minimum Gasteiger partial charge on any atom is -0.296 e. The van der Waals surface area contributed by atoms with Crippen LogP contribution in [0, 0.1) is 0 Å². The van der Waals surface area contributed by atoms with Gasteiger partial charge in [0.25, 0.3) is 0 Å². The average Bonchev–Trinajstić information content (AvgIpc) is 2.78. The van der Waals surface area contributed by atoms with E-state index in [-0.39, 0.29) is 0 Å². The van der Waals surface area contributed by atoms with Gasteiger partial charge in [0.05, 0.1) is 5.02 Å². The molecular formula is C13H8ClN3OS. The van der Waals surface area contributed by atoms with Crippen LogP contribution in [0.25, 0.3) is 5.65 Å². The van der Waals surface area contributed by atoms with Crippen molar-refractivity contribution in [3.05, 3.63) is 53.4 Å². The first-order chi connectivity index (χ1) is 9.29. The third kappa shape index (κ3) is 2.22. The van der Waals surface area contributed by atoms with Crippen molar-refractivity contribution in [2.45, 2.75) is 10.1 Å². The van der Waals surface area contributed by atoms with E-state index >= 15 is 0 Å². The molecule has 0 saturated heterocycles. The molecule has 6 heteroatoms. The van der Waals surface area contributed by atoms with Gasteiger partial charge in [-0.2, -0.15) is 0 Å². The molecule has 3 aromatic heterocycles. The highest BCUT2D eigenvalue weighted by atomic mass is 35.5. The number of aromatic nitrogens is 3. The fourth-order valence-corrected chi connectivity index (χ4v) is 2.80. The van der Waals surface area contributed by atoms with Gasteiger partial charge in [-0.3, -0.25) is 9.20 Å². The molecule has 19 heavy (non-hydrogen) atoms. The van der Waals surface area contributed by atoms with Gasteiger partial charge < -0.3 is 0 Å². The van der Waals surface area contributed by atoms with E-state index in [9.17, 15) is 4.79 Å². The van der Waals surface area contributed by atoms with E-state index in [1.54, 1.807) is 28.9 Å². The van der Waals surface area contributed by atoms with Crippen LogP contribution in [0.2, 0.25) is 5.02 Å². The molecule has 3 aromatic rings. The second kappa shape index (κ2) is 5.03. The van der Waals surface area contributed by atoms with Crippen molar-refractivity contribution >= 4 is 35.3 Å². The zero-order chi connectivity index (χ0) is 13.2. The Hall–Kier alpha value is -1.85. The van der Waals surface area contributed by atoms with Crippen LogP contribution in [-0.2, 0) is 0 Å². The van der Waals surface area contributed by atoms with Gasteiger partial charge in [0, 0.05) is 12.4 Å². The number of nitrogens with zero attached hydrogens (tertiary/aromatic N) is 3. The van der Waals surface area contributed by atoms with Gasteiger partial charge in [-0.25, -0.2) is 9.97 Å². The molecule has 0 saturated carbocycles. The van der Waals surface area contributed by atoms with Crippen LogP contribution in [0.15, 0.2) is 52.8 Å². The molecule has 4 nitrogen and oxygen atoms in total. The number of hydrogen-bond donors (Lipinski definition) is 0. The summed E-state index contributed by atoms with van der Waals surface area (Å²) in [5, 5.41) is 1.78. The summed E-state index contributed by atoms with van der Waals surface area (Å²) in [6, 6.07) is 9.09. The Morgan fingerprint density at radius 1 is 1.21 bits per heavy atom. The smallest absolute Gasteiger partial charge is 0.169 e. The number of carbonyl (C=O) groups excluding carboxylic acids is 1. The van der Waals surface area contributed by atoms with Crippen LogP contribution in [0.1, 0.15) is 10.5 Å². The first-order valence-electron chi connectivity index (χ1n) is 5.50. The number of fused-ring (bicyclic) bond motifs is 1. The largest absolute Gasteiger partial charge is 0.296 e. The van der Waals surface area contributed by atoms with Gasteiger partial charge in [-0.1, -0.05) is 17.7 Å². The number of aldehydes is 1. The lowest BCUT2D eigenvalue weighted by molar-refractivity contribution is 0.111. The van der Waals surface area contributed by atoms with Crippen molar-refractivity contribution in [1.29, 1.82) is 0 Å². The van der Waals surface area contributed by atoms with Crippen molar-refractivity contribution in [2.75, 3.05) is 0 Å². The molecule has 0 unspecified atom stereocenters. The van der Waals surface area contributed by atoms with Gasteiger partial charge in [-0.15, -0.1) is 0 Å². The van der Waals surface area contributed by atoms with Crippen LogP contribution in [-0.4, -0.2) is 20.7 Å². The monoisotopic (exact) mass is 289 g/mol. The molecule has 0 fully saturated rings. The minimum absolute atomic E-state index is 0.502. The van der Waals surface area contributed by atoms with Gasteiger partial charge in [0.2, 0.25) is 0 Å². The third-order valence-corrected chi connectivity index (χ3v) is 3.99. The Bertz CT molecular complexity index is 756. The highest BCUT2D eigenvalue weighted by Crippen LogP contribution is 2.32. The van der Waals surface area contributed by atoms with Gasteiger partial charge >= 0.3 is 0 Å². The normalized spacial score (nSPS) is 10.8. The van der Waals surface area contributed by atoms with E-state index in [0.717, 1.165) is 11.9 Å². The lowest BCUT2D eigenvalue weighted by Crippen LogP contribution is -1.91. The van der Waals surface area contributed by atoms with Crippen LogP contribution in [0.5, 0.6) is 0 Å². The summed E-state index contributed by atoms with van der Waals surface area (Å²) < 4.78 is 1.74. The van der Waals surface area contributed by atoms with E-state index in [2.05, 4.69) is 9.97 Å². The van der Waals surface area contributed by atoms with Crippen molar-refractivity contribution in [2.24, 2.45) is 0 Å². The Balaban J connectivity index is 2.10. The second-order valence-corrected chi connectivity index (χ2v) is 5.13. The van der Waals surface area contributed by atoms with Crippen LogP contribution in [0.3, 0.4) is 0 Å². The number of halogens is 1. The molecule has 94 valence electrons. The average molecular weight is 290 g/mol. The fourth-order valence-electron chi connectivity index (χ4n) is 1.71. The molecule has 0 N–H and O–H groups in total. The lowest BCUT2D eigenvalue weighted by Gasteiger charge is -2.00. The van der Waals surface area contributed by atoms with E-state index in [1.807, 2.05) is 18.2 Å². The molecule has 0 amide bonds. The summed E-state index contributed by atoms with van der Waals surface area (Å²) in [5.41, 5.74) is 1.22. The number of hydrogen-bond acceptors (Lipinski definition) is 4. The lowest BCUT2D eigenvalue weighted by atomic mass is 10.4. The Morgan fingerprint density at radius 3 is 2.89 bits per heavy atom. The van der Waals surface area contributed by atoms with E-state index in [0.29, 0.717) is 20.8 Å². The molecule has 0 atom stereocenters.